The van der Waals surface area contributed by atoms with Gasteiger partial charge in [-0.05, 0) is 30.3 Å². The van der Waals surface area contributed by atoms with E-state index in [9.17, 15) is 20.1 Å². The highest BCUT2D eigenvalue weighted by Gasteiger charge is 2.54. The molecule has 0 spiro atoms. The Kier molecular flexibility index (Phi) is 3.22. The number of phenolic OH excluding ortho intramolecular Hbond substituents is 2. The molecular formula is C20H24O5. The van der Waals surface area contributed by atoms with Gasteiger partial charge in [-0.2, -0.15) is 0 Å². The Morgan fingerprint density at radius 1 is 1.12 bits per heavy atom. The second-order valence-corrected chi connectivity index (χ2v) is 8.55. The molecule has 0 unspecified atom stereocenters. The summed E-state index contributed by atoms with van der Waals surface area (Å²) in [6, 6.07) is 0. The number of benzene rings is 1. The number of carbonyl (C=O) groups is 1. The minimum atomic E-state index is -0.395. The van der Waals surface area contributed by atoms with Crippen molar-refractivity contribution in [2.24, 2.45) is 11.3 Å². The lowest BCUT2D eigenvalue weighted by Gasteiger charge is -2.54. The van der Waals surface area contributed by atoms with Gasteiger partial charge in [-0.15, -0.1) is 0 Å². The SMILES string of the molecule is CC1(C)CCC[C@]2(C)c3c(O)c4c(c(O)c3C(=O)C[C@@H]12)C=C(O)CO4. The molecule has 4 rings (SSSR count). The number of carbonyl (C=O) groups excluding carboxylic acids is 1. The average Bonchev–Trinajstić information content (AvgIpc) is 2.53. The summed E-state index contributed by atoms with van der Waals surface area (Å²) in [7, 11) is 0. The van der Waals surface area contributed by atoms with Crippen LogP contribution >= 0.6 is 0 Å². The summed E-state index contributed by atoms with van der Waals surface area (Å²) >= 11 is 0. The molecule has 134 valence electrons. The normalized spacial score (nSPS) is 29.8. The second kappa shape index (κ2) is 4.93. The summed E-state index contributed by atoms with van der Waals surface area (Å²) in [6.45, 7) is 6.39. The Bertz CT molecular complexity index is 820. The van der Waals surface area contributed by atoms with E-state index in [2.05, 4.69) is 20.8 Å². The Labute approximate surface area is 146 Å². The summed E-state index contributed by atoms with van der Waals surface area (Å²) in [6.07, 6.45) is 4.63. The highest BCUT2D eigenvalue weighted by molar-refractivity contribution is 6.04. The third kappa shape index (κ3) is 2.04. The number of hydrogen-bond donors (Lipinski definition) is 3. The number of rotatable bonds is 0. The number of aliphatic hydroxyl groups is 1. The van der Waals surface area contributed by atoms with Crippen molar-refractivity contribution in [3.63, 3.8) is 0 Å². The summed E-state index contributed by atoms with van der Waals surface area (Å²) in [5, 5.41) is 31.5. The first-order valence-corrected chi connectivity index (χ1v) is 8.84. The van der Waals surface area contributed by atoms with Gasteiger partial charge >= 0.3 is 0 Å². The smallest absolute Gasteiger partial charge is 0.173 e. The van der Waals surface area contributed by atoms with Gasteiger partial charge in [-0.1, -0.05) is 27.2 Å². The van der Waals surface area contributed by atoms with E-state index in [1.807, 2.05) is 0 Å². The predicted octanol–water partition coefficient (Wildman–Crippen LogP) is 4.06. The molecule has 5 nitrogen and oxygen atoms in total. The largest absolute Gasteiger partial charge is 0.509 e. The maximum absolute atomic E-state index is 12.9. The molecule has 1 aliphatic heterocycles. The molecule has 0 radical (unpaired) electrons. The third-order valence-electron chi connectivity index (χ3n) is 6.58. The number of Topliss-reactive ketones (excluding diaryl/α,β-unsaturated/α-hetero) is 1. The topological polar surface area (TPSA) is 87.0 Å². The van der Waals surface area contributed by atoms with Gasteiger partial charge in [-0.3, -0.25) is 4.79 Å². The van der Waals surface area contributed by atoms with Crippen LogP contribution in [-0.4, -0.2) is 27.7 Å². The monoisotopic (exact) mass is 344 g/mol. The summed E-state index contributed by atoms with van der Waals surface area (Å²) < 4.78 is 5.49. The van der Waals surface area contributed by atoms with Crippen LogP contribution in [0.15, 0.2) is 5.76 Å². The highest BCUT2D eigenvalue weighted by atomic mass is 16.5. The zero-order valence-corrected chi connectivity index (χ0v) is 14.8. The van der Waals surface area contributed by atoms with Crippen molar-refractivity contribution < 1.29 is 24.9 Å². The molecule has 1 fully saturated rings. The van der Waals surface area contributed by atoms with E-state index in [1.165, 1.54) is 6.08 Å². The molecule has 1 saturated carbocycles. The van der Waals surface area contributed by atoms with Crippen LogP contribution in [0.25, 0.3) is 6.08 Å². The fourth-order valence-corrected chi connectivity index (χ4v) is 5.39. The summed E-state index contributed by atoms with van der Waals surface area (Å²) in [4.78, 5) is 12.9. The van der Waals surface area contributed by atoms with Gasteiger partial charge in [0.15, 0.2) is 17.3 Å². The summed E-state index contributed by atoms with van der Waals surface area (Å²) in [5.41, 5.74) is 0.492. The van der Waals surface area contributed by atoms with Crippen LogP contribution in [0.3, 0.4) is 0 Å². The molecule has 3 aliphatic rings. The van der Waals surface area contributed by atoms with Crippen LogP contribution in [0.1, 0.15) is 67.9 Å². The molecule has 0 bridgehead atoms. The van der Waals surface area contributed by atoms with Crippen molar-refractivity contribution in [3.05, 3.63) is 22.4 Å². The molecule has 0 aromatic heterocycles. The van der Waals surface area contributed by atoms with Crippen LogP contribution < -0.4 is 4.74 Å². The zero-order valence-electron chi connectivity index (χ0n) is 14.8. The van der Waals surface area contributed by atoms with Crippen molar-refractivity contribution in [1.82, 2.24) is 0 Å². The van der Waals surface area contributed by atoms with E-state index >= 15 is 0 Å². The number of fused-ring (bicyclic) bond motifs is 4. The van der Waals surface area contributed by atoms with Crippen molar-refractivity contribution >= 4 is 11.9 Å². The lowest BCUT2D eigenvalue weighted by molar-refractivity contribution is 0.0350. The minimum absolute atomic E-state index is 0.0165. The Morgan fingerprint density at radius 2 is 1.84 bits per heavy atom. The molecule has 0 amide bonds. The summed E-state index contributed by atoms with van der Waals surface area (Å²) in [5.74, 6) is -0.196. The molecule has 3 N–H and O–H groups in total. The minimum Gasteiger partial charge on any atom is -0.509 e. The van der Waals surface area contributed by atoms with Gasteiger partial charge in [0.1, 0.15) is 18.1 Å². The maximum Gasteiger partial charge on any atom is 0.173 e. The van der Waals surface area contributed by atoms with Gasteiger partial charge in [0.25, 0.3) is 0 Å². The van der Waals surface area contributed by atoms with Gasteiger partial charge in [0, 0.05) is 17.4 Å². The van der Waals surface area contributed by atoms with E-state index in [1.54, 1.807) is 0 Å². The number of ketones is 1. The van der Waals surface area contributed by atoms with Gasteiger partial charge < -0.3 is 20.1 Å². The van der Waals surface area contributed by atoms with Crippen molar-refractivity contribution in [3.8, 4) is 17.2 Å². The predicted molar refractivity (Wildman–Crippen MR) is 93.3 cm³/mol. The second-order valence-electron chi connectivity index (χ2n) is 8.55. The quantitative estimate of drug-likeness (QED) is 0.618. The Balaban J connectivity index is 2.04. The van der Waals surface area contributed by atoms with Crippen LogP contribution in [0.4, 0.5) is 0 Å². The number of hydrogen-bond acceptors (Lipinski definition) is 5. The Morgan fingerprint density at radius 3 is 2.56 bits per heavy atom. The molecule has 2 atom stereocenters. The molecule has 1 heterocycles. The third-order valence-corrected chi connectivity index (χ3v) is 6.58. The van der Waals surface area contributed by atoms with E-state index < -0.39 is 5.41 Å². The zero-order chi connectivity index (χ0) is 18.1. The standard InChI is InChI=1S/C20H24O5/c1-19(2)5-4-6-20(3)13(19)8-12(22)14-15(20)17(24)18-11(16(14)23)7-10(21)9-25-18/h7,13,21,23-24H,4-6,8-9H2,1-3H3/t13-,20-/m0/s1. The molecule has 1 aromatic rings. The average molecular weight is 344 g/mol. The lowest BCUT2D eigenvalue weighted by Crippen LogP contribution is -2.49. The van der Waals surface area contributed by atoms with E-state index in [-0.39, 0.29) is 57.9 Å². The first-order chi connectivity index (χ1) is 11.7. The first-order valence-electron chi connectivity index (χ1n) is 8.84. The van der Waals surface area contributed by atoms with Crippen molar-refractivity contribution in [2.75, 3.05) is 6.61 Å². The fourth-order valence-electron chi connectivity index (χ4n) is 5.39. The van der Waals surface area contributed by atoms with Crippen LogP contribution in [0.5, 0.6) is 17.2 Å². The molecule has 5 heteroatoms. The number of phenols is 2. The number of aromatic hydroxyl groups is 2. The van der Waals surface area contributed by atoms with Gasteiger partial charge in [-0.25, -0.2) is 0 Å². The van der Waals surface area contributed by atoms with Crippen LogP contribution in [0, 0.1) is 11.3 Å². The molecule has 25 heavy (non-hydrogen) atoms. The van der Waals surface area contributed by atoms with Gasteiger partial charge in [0.05, 0.1) is 11.1 Å². The van der Waals surface area contributed by atoms with Gasteiger partial charge in [0.2, 0.25) is 0 Å². The lowest BCUT2D eigenvalue weighted by atomic mass is 9.50. The molecule has 0 saturated heterocycles. The van der Waals surface area contributed by atoms with Crippen molar-refractivity contribution in [1.29, 1.82) is 0 Å². The molecule has 1 aromatic carbocycles. The number of ether oxygens (including phenoxy) is 1. The maximum atomic E-state index is 12.9. The van der Waals surface area contributed by atoms with E-state index in [0.29, 0.717) is 12.0 Å². The van der Waals surface area contributed by atoms with Crippen LogP contribution in [0.2, 0.25) is 0 Å². The molecule has 2 aliphatic carbocycles. The van der Waals surface area contributed by atoms with E-state index in [4.69, 9.17) is 4.74 Å². The van der Waals surface area contributed by atoms with Crippen molar-refractivity contribution in [2.45, 2.75) is 51.9 Å². The highest BCUT2D eigenvalue weighted by Crippen LogP contribution is 2.62. The molecular weight excluding hydrogens is 320 g/mol. The first kappa shape index (κ1) is 16.3. The number of aliphatic hydroxyl groups excluding tert-OH is 1. The Hall–Kier alpha value is -2.17. The fraction of sp³-hybridized carbons (Fsp3) is 0.550. The van der Waals surface area contributed by atoms with E-state index in [0.717, 1.165) is 19.3 Å². The van der Waals surface area contributed by atoms with Crippen LogP contribution in [-0.2, 0) is 5.41 Å².